The minimum Gasteiger partial charge on any atom is -0.396 e. The Kier molecular flexibility index (Phi) is 4.76. The summed E-state index contributed by atoms with van der Waals surface area (Å²) in [6.45, 7) is 0.412. The molecule has 3 heterocycles. The first-order valence-electron chi connectivity index (χ1n) is 8.56. The Morgan fingerprint density at radius 2 is 2.11 bits per heavy atom. The van der Waals surface area contributed by atoms with Crippen molar-refractivity contribution in [3.8, 4) is 0 Å². The number of aliphatic hydroxyl groups is 1. The summed E-state index contributed by atoms with van der Waals surface area (Å²) in [5, 5.41) is 22.4. The van der Waals surface area contributed by atoms with Gasteiger partial charge in [-0.15, -0.1) is 11.6 Å². The van der Waals surface area contributed by atoms with E-state index in [4.69, 9.17) is 16.7 Å². The minimum absolute atomic E-state index is 0.0118. The minimum atomic E-state index is -4.46. The van der Waals surface area contributed by atoms with E-state index >= 15 is 0 Å². The van der Waals surface area contributed by atoms with Gasteiger partial charge < -0.3 is 20.6 Å². The largest absolute Gasteiger partial charge is 0.416 e. The van der Waals surface area contributed by atoms with Gasteiger partial charge in [0, 0.05) is 19.4 Å². The van der Waals surface area contributed by atoms with Crippen LogP contribution in [0.2, 0.25) is 0 Å². The van der Waals surface area contributed by atoms with E-state index in [1.165, 1.54) is 12.3 Å². The van der Waals surface area contributed by atoms with E-state index in [0.29, 0.717) is 36.0 Å². The van der Waals surface area contributed by atoms with Crippen LogP contribution in [0.4, 0.5) is 24.5 Å². The monoisotopic (exact) mass is 412 g/mol. The number of halogens is 4. The Labute approximate surface area is 163 Å². The molecule has 4 rings (SSSR count). The highest BCUT2D eigenvalue weighted by atomic mass is 35.5. The molecule has 2 atom stereocenters. The summed E-state index contributed by atoms with van der Waals surface area (Å²) in [5.41, 5.74) is 0.594. The van der Waals surface area contributed by atoms with Crippen molar-refractivity contribution in [1.82, 2.24) is 5.32 Å². The van der Waals surface area contributed by atoms with Crippen LogP contribution in [0.15, 0.2) is 45.0 Å². The van der Waals surface area contributed by atoms with E-state index in [1.54, 1.807) is 11.1 Å². The van der Waals surface area contributed by atoms with Gasteiger partial charge in [-0.1, -0.05) is 0 Å². The molecule has 148 valence electrons. The summed E-state index contributed by atoms with van der Waals surface area (Å²) in [6, 6.07) is 3.02. The zero-order chi connectivity index (χ0) is 19.9. The number of benzene rings is 1. The summed E-state index contributed by atoms with van der Waals surface area (Å²) < 4.78 is 39.5. The van der Waals surface area contributed by atoms with Crippen molar-refractivity contribution in [2.24, 2.45) is 15.2 Å². The van der Waals surface area contributed by atoms with Crippen LogP contribution in [-0.2, 0) is 6.18 Å². The molecule has 0 aliphatic carbocycles. The summed E-state index contributed by atoms with van der Waals surface area (Å²) in [5.74, 6) is 0.957. The number of aliphatic hydroxyl groups excluding tert-OH is 1. The molecule has 0 aromatic heterocycles. The molecule has 11 heteroatoms. The fourth-order valence-electron chi connectivity index (χ4n) is 3.20. The lowest BCUT2D eigenvalue weighted by Crippen LogP contribution is -2.44. The maximum absolute atomic E-state index is 13.2. The fourth-order valence-corrected chi connectivity index (χ4v) is 3.42. The molecule has 3 aliphatic rings. The summed E-state index contributed by atoms with van der Waals surface area (Å²) in [4.78, 5) is 6.20. The van der Waals surface area contributed by atoms with Crippen LogP contribution in [0, 0.1) is 0 Å². The summed E-state index contributed by atoms with van der Waals surface area (Å²) >= 11 is 6.25. The smallest absolute Gasteiger partial charge is 0.396 e. The number of alkyl halides is 4. The number of hydrogen-bond acceptors (Lipinski definition) is 7. The molecule has 2 unspecified atom stereocenters. The van der Waals surface area contributed by atoms with Crippen molar-refractivity contribution in [1.29, 1.82) is 0 Å². The standard InChI is InChI=1S/C17H16ClF3N6O/c18-10-7-24-26-14(10)13-8-23-16-15(22-4-1-5-28)25-11-6-9(17(19,20)21)2-3-12(11)27(13)16/h2-3,6-8,10,13,22,25,28H,1,4-5H2. The molecule has 1 aromatic rings. The van der Waals surface area contributed by atoms with Gasteiger partial charge in [-0.3, -0.25) is 0 Å². The predicted octanol–water partition coefficient (Wildman–Crippen LogP) is 2.54. The van der Waals surface area contributed by atoms with Crippen LogP contribution in [0.3, 0.4) is 0 Å². The van der Waals surface area contributed by atoms with E-state index in [0.717, 1.165) is 12.1 Å². The lowest BCUT2D eigenvalue weighted by atomic mass is 10.1. The zero-order valence-electron chi connectivity index (χ0n) is 14.4. The first-order chi connectivity index (χ1) is 13.4. The maximum Gasteiger partial charge on any atom is 0.416 e. The number of anilines is 2. The number of fused-ring (bicyclic) bond motifs is 3. The Bertz CT molecular complexity index is 911. The normalized spacial score (nSPS) is 22.9. The van der Waals surface area contributed by atoms with Crippen LogP contribution in [0.5, 0.6) is 0 Å². The van der Waals surface area contributed by atoms with Crippen LogP contribution in [0.25, 0.3) is 0 Å². The summed E-state index contributed by atoms with van der Waals surface area (Å²) in [7, 11) is 0. The molecule has 0 bridgehead atoms. The Balaban J connectivity index is 1.75. The van der Waals surface area contributed by atoms with E-state index in [1.807, 2.05) is 0 Å². The number of nitrogens with one attached hydrogen (secondary N) is 2. The molecular weight excluding hydrogens is 397 g/mol. The van der Waals surface area contributed by atoms with Crippen LogP contribution in [0.1, 0.15) is 12.0 Å². The van der Waals surface area contributed by atoms with Crippen molar-refractivity contribution in [3.63, 3.8) is 0 Å². The molecule has 0 amide bonds. The maximum atomic E-state index is 13.2. The van der Waals surface area contributed by atoms with Crippen LogP contribution in [-0.4, -0.2) is 47.8 Å². The molecule has 3 aliphatic heterocycles. The molecule has 0 spiro atoms. The van der Waals surface area contributed by atoms with Gasteiger partial charge in [0.25, 0.3) is 0 Å². The highest BCUT2D eigenvalue weighted by Crippen LogP contribution is 2.42. The lowest BCUT2D eigenvalue weighted by Gasteiger charge is -2.34. The van der Waals surface area contributed by atoms with Crippen molar-refractivity contribution < 1.29 is 18.3 Å². The lowest BCUT2D eigenvalue weighted by molar-refractivity contribution is -0.137. The van der Waals surface area contributed by atoms with E-state index in [9.17, 15) is 13.2 Å². The number of aliphatic imine (C=N–C) groups is 1. The second-order valence-electron chi connectivity index (χ2n) is 6.34. The van der Waals surface area contributed by atoms with Gasteiger partial charge in [0.15, 0.2) is 5.82 Å². The molecule has 1 aromatic carbocycles. The predicted molar refractivity (Wildman–Crippen MR) is 102 cm³/mol. The Hall–Kier alpha value is -2.59. The number of rotatable bonds is 5. The molecule has 7 nitrogen and oxygen atoms in total. The third-order valence-electron chi connectivity index (χ3n) is 4.50. The average Bonchev–Trinajstić information content (AvgIpc) is 3.27. The highest BCUT2D eigenvalue weighted by molar-refractivity contribution is 6.43. The van der Waals surface area contributed by atoms with Crippen LogP contribution < -0.4 is 15.5 Å². The first kappa shape index (κ1) is 18.8. The van der Waals surface area contributed by atoms with Crippen molar-refractivity contribution >= 4 is 41.1 Å². The van der Waals surface area contributed by atoms with Gasteiger partial charge in [0.1, 0.15) is 17.2 Å². The van der Waals surface area contributed by atoms with Gasteiger partial charge in [0.05, 0.1) is 28.9 Å². The van der Waals surface area contributed by atoms with Crippen molar-refractivity contribution in [2.45, 2.75) is 24.0 Å². The van der Waals surface area contributed by atoms with Gasteiger partial charge >= 0.3 is 6.18 Å². The Morgan fingerprint density at radius 1 is 1.29 bits per heavy atom. The van der Waals surface area contributed by atoms with Crippen molar-refractivity contribution in [2.75, 3.05) is 23.4 Å². The molecule has 0 saturated heterocycles. The molecular formula is C17H16ClF3N6O. The third-order valence-corrected chi connectivity index (χ3v) is 4.84. The highest BCUT2D eigenvalue weighted by Gasteiger charge is 2.40. The fraction of sp³-hybridized carbons (Fsp3) is 0.353. The number of nitrogens with zero attached hydrogens (tertiary/aromatic N) is 4. The van der Waals surface area contributed by atoms with E-state index in [2.05, 4.69) is 25.8 Å². The second-order valence-corrected chi connectivity index (χ2v) is 6.81. The van der Waals surface area contributed by atoms with Gasteiger partial charge in [-0.05, 0) is 24.6 Å². The third kappa shape index (κ3) is 3.22. The van der Waals surface area contributed by atoms with Crippen molar-refractivity contribution in [3.05, 3.63) is 35.4 Å². The first-order valence-corrected chi connectivity index (χ1v) is 8.99. The van der Waals surface area contributed by atoms with E-state index in [-0.39, 0.29) is 12.3 Å². The Morgan fingerprint density at radius 3 is 2.79 bits per heavy atom. The quantitative estimate of drug-likeness (QED) is 0.512. The molecule has 3 N–H and O–H groups in total. The van der Waals surface area contributed by atoms with Gasteiger partial charge in [-0.2, -0.15) is 23.4 Å². The van der Waals surface area contributed by atoms with Gasteiger partial charge in [-0.25, -0.2) is 4.99 Å². The second kappa shape index (κ2) is 7.10. The molecule has 0 fully saturated rings. The zero-order valence-corrected chi connectivity index (χ0v) is 15.2. The molecule has 0 radical (unpaired) electrons. The molecule has 0 saturated carbocycles. The van der Waals surface area contributed by atoms with E-state index < -0.39 is 23.2 Å². The molecule has 28 heavy (non-hydrogen) atoms. The van der Waals surface area contributed by atoms with Gasteiger partial charge in [0.2, 0.25) is 0 Å². The SMILES string of the molecule is OCCCNC1=C2N=CC(C3=NN=CC3Cl)N2c2ccc(C(F)(F)F)cc2N1. The average molecular weight is 413 g/mol. The topological polar surface area (TPSA) is 84.6 Å². The summed E-state index contributed by atoms with van der Waals surface area (Å²) in [6.07, 6.45) is -0.856. The number of hydrogen-bond donors (Lipinski definition) is 3. The van der Waals surface area contributed by atoms with Crippen LogP contribution >= 0.6 is 11.6 Å².